The fourth-order valence-corrected chi connectivity index (χ4v) is 3.48. The molecular formula is C23H24N2O6. The van der Waals surface area contributed by atoms with Crippen LogP contribution in [0.3, 0.4) is 0 Å². The Labute approximate surface area is 180 Å². The molecule has 2 amide bonds. The molecule has 0 atom stereocenters. The number of rotatable bonds is 10. The van der Waals surface area contributed by atoms with E-state index >= 15 is 0 Å². The standard InChI is InChI=1S/C23H24N2O6/c1-2-3-4-5-6-7-13-31-23(28)16-11-12-19-20(14-16)22(27)24(21(19)26)17-9-8-10-18(15-17)25(29)30/h8-12,14-15H,2-7,13H2,1H3. The highest BCUT2D eigenvalue weighted by molar-refractivity contribution is 6.34. The third-order valence-electron chi connectivity index (χ3n) is 5.15. The summed E-state index contributed by atoms with van der Waals surface area (Å²) >= 11 is 0. The van der Waals surface area contributed by atoms with Gasteiger partial charge in [0, 0.05) is 12.1 Å². The lowest BCUT2D eigenvalue weighted by Gasteiger charge is -2.13. The summed E-state index contributed by atoms with van der Waals surface area (Å²) in [5.41, 5.74) is 0.280. The maximum absolute atomic E-state index is 12.8. The molecule has 162 valence electrons. The number of anilines is 1. The minimum absolute atomic E-state index is 0.0746. The molecule has 0 saturated carbocycles. The highest BCUT2D eigenvalue weighted by atomic mass is 16.6. The summed E-state index contributed by atoms with van der Waals surface area (Å²) in [5.74, 6) is -1.77. The second-order valence-electron chi connectivity index (χ2n) is 7.39. The largest absolute Gasteiger partial charge is 0.462 e. The third kappa shape index (κ3) is 4.96. The van der Waals surface area contributed by atoms with Crippen molar-refractivity contribution in [3.63, 3.8) is 0 Å². The van der Waals surface area contributed by atoms with Crippen LogP contribution in [0.15, 0.2) is 42.5 Å². The van der Waals surface area contributed by atoms with Gasteiger partial charge in [0.15, 0.2) is 0 Å². The van der Waals surface area contributed by atoms with Crippen LogP contribution < -0.4 is 4.90 Å². The summed E-state index contributed by atoms with van der Waals surface area (Å²) in [5, 5.41) is 11.0. The summed E-state index contributed by atoms with van der Waals surface area (Å²) in [6.07, 6.45) is 6.42. The van der Waals surface area contributed by atoms with Crippen molar-refractivity contribution >= 4 is 29.2 Å². The fraction of sp³-hybridized carbons (Fsp3) is 0.348. The second kappa shape index (κ2) is 9.97. The number of amides is 2. The molecule has 0 bridgehead atoms. The smallest absolute Gasteiger partial charge is 0.338 e. The third-order valence-corrected chi connectivity index (χ3v) is 5.15. The Kier molecular flexibility index (Phi) is 7.12. The van der Waals surface area contributed by atoms with Crippen molar-refractivity contribution in [2.75, 3.05) is 11.5 Å². The lowest BCUT2D eigenvalue weighted by molar-refractivity contribution is -0.384. The van der Waals surface area contributed by atoms with E-state index in [-0.39, 0.29) is 28.1 Å². The predicted octanol–water partition coefficient (Wildman–Crippen LogP) is 4.91. The van der Waals surface area contributed by atoms with Gasteiger partial charge in [-0.25, -0.2) is 9.69 Å². The molecule has 1 aliphatic heterocycles. The zero-order valence-corrected chi connectivity index (χ0v) is 17.3. The van der Waals surface area contributed by atoms with E-state index in [1.165, 1.54) is 55.7 Å². The molecule has 0 spiro atoms. The highest BCUT2D eigenvalue weighted by Crippen LogP contribution is 2.31. The number of imide groups is 1. The van der Waals surface area contributed by atoms with Crippen molar-refractivity contribution < 1.29 is 24.0 Å². The topological polar surface area (TPSA) is 107 Å². The molecule has 3 rings (SSSR count). The van der Waals surface area contributed by atoms with Crippen LogP contribution in [0.5, 0.6) is 0 Å². The van der Waals surface area contributed by atoms with Crippen LogP contribution in [-0.2, 0) is 4.74 Å². The first-order valence-corrected chi connectivity index (χ1v) is 10.4. The molecule has 0 saturated heterocycles. The number of carbonyl (C=O) groups excluding carboxylic acids is 3. The first kappa shape index (κ1) is 22.1. The van der Waals surface area contributed by atoms with Gasteiger partial charge in [-0.1, -0.05) is 45.1 Å². The Morgan fingerprint density at radius 1 is 0.968 bits per heavy atom. The van der Waals surface area contributed by atoms with Crippen LogP contribution >= 0.6 is 0 Å². The number of nitrogens with zero attached hydrogens (tertiary/aromatic N) is 2. The summed E-state index contributed by atoms with van der Waals surface area (Å²) in [4.78, 5) is 49.2. The minimum Gasteiger partial charge on any atom is -0.462 e. The van der Waals surface area contributed by atoms with Crippen molar-refractivity contribution in [3.8, 4) is 0 Å². The summed E-state index contributed by atoms with van der Waals surface area (Å²) < 4.78 is 5.29. The number of fused-ring (bicyclic) bond motifs is 1. The molecular weight excluding hydrogens is 400 g/mol. The van der Waals surface area contributed by atoms with Crippen LogP contribution in [0.1, 0.15) is 76.5 Å². The van der Waals surface area contributed by atoms with E-state index in [1.54, 1.807) is 0 Å². The van der Waals surface area contributed by atoms with E-state index in [4.69, 9.17) is 4.74 Å². The Morgan fingerprint density at radius 2 is 1.68 bits per heavy atom. The average Bonchev–Trinajstić information content (AvgIpc) is 3.02. The number of carbonyl (C=O) groups is 3. The number of unbranched alkanes of at least 4 members (excludes halogenated alkanes) is 5. The molecule has 0 fully saturated rings. The SMILES string of the molecule is CCCCCCCCOC(=O)c1ccc2c(c1)C(=O)N(c1cccc([N+](=O)[O-])c1)C2=O. The maximum Gasteiger partial charge on any atom is 0.338 e. The molecule has 0 radical (unpaired) electrons. The normalized spacial score (nSPS) is 12.7. The van der Waals surface area contributed by atoms with Gasteiger partial charge in [-0.3, -0.25) is 19.7 Å². The molecule has 31 heavy (non-hydrogen) atoms. The van der Waals surface area contributed by atoms with E-state index < -0.39 is 22.7 Å². The van der Waals surface area contributed by atoms with Crippen LogP contribution in [0, 0.1) is 10.1 Å². The molecule has 0 aliphatic carbocycles. The molecule has 1 aliphatic rings. The molecule has 8 heteroatoms. The molecule has 0 aromatic heterocycles. The first-order chi connectivity index (χ1) is 14.9. The molecule has 0 N–H and O–H groups in total. The number of esters is 1. The lowest BCUT2D eigenvalue weighted by atomic mass is 10.1. The predicted molar refractivity (Wildman–Crippen MR) is 114 cm³/mol. The number of hydrogen-bond donors (Lipinski definition) is 0. The van der Waals surface area contributed by atoms with Crippen molar-refractivity contribution in [2.24, 2.45) is 0 Å². The van der Waals surface area contributed by atoms with E-state index in [9.17, 15) is 24.5 Å². The Hall–Kier alpha value is -3.55. The number of nitro groups is 1. The summed E-state index contributed by atoms with van der Waals surface area (Å²) in [7, 11) is 0. The Morgan fingerprint density at radius 3 is 2.42 bits per heavy atom. The van der Waals surface area contributed by atoms with Crippen LogP contribution in [0.25, 0.3) is 0 Å². The van der Waals surface area contributed by atoms with Crippen molar-refractivity contribution in [1.82, 2.24) is 0 Å². The van der Waals surface area contributed by atoms with Crippen molar-refractivity contribution in [3.05, 3.63) is 69.3 Å². The zero-order valence-electron chi connectivity index (χ0n) is 17.3. The van der Waals surface area contributed by atoms with E-state index in [1.807, 2.05) is 0 Å². The van der Waals surface area contributed by atoms with Gasteiger partial charge in [0.1, 0.15) is 0 Å². The molecule has 1 heterocycles. The maximum atomic E-state index is 12.8. The number of hydrogen-bond acceptors (Lipinski definition) is 6. The van der Waals surface area contributed by atoms with Gasteiger partial charge >= 0.3 is 5.97 Å². The van der Waals surface area contributed by atoms with Crippen LogP contribution in [-0.4, -0.2) is 29.3 Å². The molecule has 2 aromatic rings. The van der Waals surface area contributed by atoms with Crippen molar-refractivity contribution in [2.45, 2.75) is 45.4 Å². The van der Waals surface area contributed by atoms with Gasteiger partial charge in [0.25, 0.3) is 17.5 Å². The van der Waals surface area contributed by atoms with Gasteiger partial charge in [0.2, 0.25) is 0 Å². The van der Waals surface area contributed by atoms with E-state index in [0.29, 0.717) is 6.61 Å². The molecule has 8 nitrogen and oxygen atoms in total. The molecule has 0 unspecified atom stereocenters. The Bertz CT molecular complexity index is 1020. The fourth-order valence-electron chi connectivity index (χ4n) is 3.48. The summed E-state index contributed by atoms with van der Waals surface area (Å²) in [6, 6.07) is 9.50. The van der Waals surface area contributed by atoms with Gasteiger partial charge in [-0.2, -0.15) is 0 Å². The van der Waals surface area contributed by atoms with E-state index in [2.05, 4.69) is 6.92 Å². The lowest BCUT2D eigenvalue weighted by Crippen LogP contribution is -2.29. The number of ether oxygens (including phenoxy) is 1. The van der Waals surface area contributed by atoms with Crippen molar-refractivity contribution in [1.29, 1.82) is 0 Å². The van der Waals surface area contributed by atoms with Gasteiger partial charge in [-0.15, -0.1) is 0 Å². The van der Waals surface area contributed by atoms with Gasteiger partial charge in [0.05, 0.1) is 33.9 Å². The Balaban J connectivity index is 1.68. The van der Waals surface area contributed by atoms with Gasteiger partial charge in [-0.05, 0) is 30.7 Å². The summed E-state index contributed by atoms with van der Waals surface area (Å²) in [6.45, 7) is 2.45. The first-order valence-electron chi connectivity index (χ1n) is 10.4. The van der Waals surface area contributed by atoms with E-state index in [0.717, 1.165) is 30.2 Å². The highest BCUT2D eigenvalue weighted by Gasteiger charge is 2.37. The van der Waals surface area contributed by atoms with Gasteiger partial charge < -0.3 is 4.74 Å². The van der Waals surface area contributed by atoms with Crippen LogP contribution in [0.4, 0.5) is 11.4 Å². The second-order valence-corrected chi connectivity index (χ2v) is 7.39. The number of nitro benzene ring substituents is 1. The minimum atomic E-state index is -0.633. The quantitative estimate of drug-likeness (QED) is 0.176. The molecule has 2 aromatic carbocycles. The number of non-ortho nitro benzene ring substituents is 1. The van der Waals surface area contributed by atoms with Crippen LogP contribution in [0.2, 0.25) is 0 Å². The zero-order chi connectivity index (χ0) is 22.4. The average molecular weight is 424 g/mol. The monoisotopic (exact) mass is 424 g/mol. The number of benzene rings is 2.